The highest BCUT2D eigenvalue weighted by Crippen LogP contribution is 2.42. The van der Waals surface area contributed by atoms with E-state index < -0.39 is 0 Å². The summed E-state index contributed by atoms with van der Waals surface area (Å²) < 4.78 is 0. The SMILES string of the molecule is Nc1nccc(-c2c[nH]c3nccc(N4CCCC4c4cccs4)c23)n1. The fourth-order valence-electron chi connectivity index (χ4n) is 3.84. The lowest BCUT2D eigenvalue weighted by atomic mass is 10.1. The maximum Gasteiger partial charge on any atom is 0.220 e. The number of nitrogen functional groups attached to an aromatic ring is 1. The van der Waals surface area contributed by atoms with Crippen LogP contribution in [0.5, 0.6) is 0 Å². The first kappa shape index (κ1) is 15.3. The Kier molecular flexibility index (Phi) is 3.60. The van der Waals surface area contributed by atoms with Gasteiger partial charge in [0.1, 0.15) is 5.65 Å². The van der Waals surface area contributed by atoms with Crippen LogP contribution in [0.15, 0.2) is 48.2 Å². The smallest absolute Gasteiger partial charge is 0.220 e. The van der Waals surface area contributed by atoms with Gasteiger partial charge in [0.25, 0.3) is 0 Å². The van der Waals surface area contributed by atoms with Crippen LogP contribution in [-0.4, -0.2) is 26.5 Å². The Morgan fingerprint density at radius 3 is 2.96 bits per heavy atom. The largest absolute Gasteiger partial charge is 0.368 e. The zero-order valence-electron chi connectivity index (χ0n) is 14.1. The van der Waals surface area contributed by atoms with E-state index in [1.54, 1.807) is 6.20 Å². The molecule has 1 aliphatic rings. The second-order valence-corrected chi connectivity index (χ2v) is 7.40. The second-order valence-electron chi connectivity index (χ2n) is 6.42. The number of thiophene rings is 1. The van der Waals surface area contributed by atoms with E-state index in [1.807, 2.05) is 29.8 Å². The van der Waals surface area contributed by atoms with Crippen molar-refractivity contribution in [3.05, 3.63) is 53.1 Å². The zero-order valence-corrected chi connectivity index (χ0v) is 14.9. The molecule has 26 heavy (non-hydrogen) atoms. The van der Waals surface area contributed by atoms with Crippen molar-refractivity contribution >= 4 is 34.0 Å². The van der Waals surface area contributed by atoms with Crippen LogP contribution >= 0.6 is 11.3 Å². The molecule has 0 spiro atoms. The number of nitrogens with two attached hydrogens (primary N) is 1. The summed E-state index contributed by atoms with van der Waals surface area (Å²) in [6.07, 6.45) is 7.88. The molecule has 130 valence electrons. The number of H-pyrrole nitrogens is 1. The fourth-order valence-corrected chi connectivity index (χ4v) is 4.71. The van der Waals surface area contributed by atoms with Crippen LogP contribution in [0.3, 0.4) is 0 Å². The number of aromatic amines is 1. The Labute approximate surface area is 154 Å². The summed E-state index contributed by atoms with van der Waals surface area (Å²) in [7, 11) is 0. The lowest BCUT2D eigenvalue weighted by molar-refractivity contribution is 0.735. The third-order valence-electron chi connectivity index (χ3n) is 4.94. The Bertz CT molecular complexity index is 1060. The fraction of sp³-hybridized carbons (Fsp3) is 0.211. The molecular formula is C19H18N6S. The topological polar surface area (TPSA) is 83.7 Å². The molecule has 0 bridgehead atoms. The third-order valence-corrected chi connectivity index (χ3v) is 5.91. The monoisotopic (exact) mass is 362 g/mol. The van der Waals surface area contributed by atoms with Gasteiger partial charge in [0, 0.05) is 35.6 Å². The average Bonchev–Trinajstić information content (AvgIpc) is 3.40. The Balaban J connectivity index is 1.68. The minimum Gasteiger partial charge on any atom is -0.368 e. The molecule has 0 aromatic carbocycles. The Morgan fingerprint density at radius 2 is 2.12 bits per heavy atom. The molecule has 7 heteroatoms. The molecule has 1 atom stereocenters. The molecule has 0 aliphatic carbocycles. The van der Waals surface area contributed by atoms with Gasteiger partial charge in [-0.25, -0.2) is 15.0 Å². The van der Waals surface area contributed by atoms with Gasteiger partial charge in [-0.1, -0.05) is 6.07 Å². The summed E-state index contributed by atoms with van der Waals surface area (Å²) in [6, 6.07) is 8.77. The molecule has 0 amide bonds. The van der Waals surface area contributed by atoms with E-state index in [0.717, 1.165) is 28.8 Å². The standard InChI is InChI=1S/C19H18N6S/c20-19-22-7-5-13(24-19)12-11-23-18-17(12)15(6-8-21-18)25-9-1-3-14(25)16-4-2-10-26-16/h2,4-8,10-11,14H,1,3,9H2,(H,21,23)(H2,20,22,24). The number of nitrogens with one attached hydrogen (secondary N) is 1. The van der Waals surface area contributed by atoms with Crippen LogP contribution in [0, 0.1) is 0 Å². The molecule has 5 heterocycles. The first-order valence-electron chi connectivity index (χ1n) is 8.66. The van der Waals surface area contributed by atoms with Crippen LogP contribution in [0.4, 0.5) is 11.6 Å². The van der Waals surface area contributed by atoms with Crippen molar-refractivity contribution in [2.45, 2.75) is 18.9 Å². The summed E-state index contributed by atoms with van der Waals surface area (Å²) in [5.74, 6) is 0.278. The van der Waals surface area contributed by atoms with Gasteiger partial charge in [0.2, 0.25) is 5.95 Å². The van der Waals surface area contributed by atoms with Crippen molar-refractivity contribution in [2.75, 3.05) is 17.2 Å². The van der Waals surface area contributed by atoms with Gasteiger partial charge in [-0.3, -0.25) is 0 Å². The van der Waals surface area contributed by atoms with Crippen LogP contribution in [0.25, 0.3) is 22.3 Å². The summed E-state index contributed by atoms with van der Waals surface area (Å²) in [5.41, 5.74) is 9.68. The van der Waals surface area contributed by atoms with E-state index in [4.69, 9.17) is 5.73 Å². The van der Waals surface area contributed by atoms with Crippen LogP contribution in [0.1, 0.15) is 23.8 Å². The van der Waals surface area contributed by atoms with E-state index in [1.165, 1.54) is 23.4 Å². The predicted octanol–water partition coefficient (Wildman–Crippen LogP) is 4.01. The van der Waals surface area contributed by atoms with Gasteiger partial charge in [0.05, 0.1) is 22.8 Å². The average molecular weight is 362 g/mol. The van der Waals surface area contributed by atoms with Crippen LogP contribution in [-0.2, 0) is 0 Å². The van der Waals surface area contributed by atoms with Gasteiger partial charge in [-0.05, 0) is 36.4 Å². The van der Waals surface area contributed by atoms with Gasteiger partial charge in [-0.15, -0.1) is 11.3 Å². The minimum absolute atomic E-state index is 0.278. The van der Waals surface area contributed by atoms with Crippen LogP contribution < -0.4 is 10.6 Å². The van der Waals surface area contributed by atoms with Crippen molar-refractivity contribution in [1.29, 1.82) is 0 Å². The highest BCUT2D eigenvalue weighted by Gasteiger charge is 2.29. The molecule has 1 unspecified atom stereocenters. The number of pyridine rings is 1. The van der Waals surface area contributed by atoms with Crippen molar-refractivity contribution in [3.63, 3.8) is 0 Å². The van der Waals surface area contributed by atoms with E-state index in [9.17, 15) is 0 Å². The molecule has 3 N–H and O–H groups in total. The lowest BCUT2D eigenvalue weighted by Gasteiger charge is -2.27. The van der Waals surface area contributed by atoms with Crippen molar-refractivity contribution < 1.29 is 0 Å². The number of fused-ring (bicyclic) bond motifs is 1. The molecule has 4 aromatic heterocycles. The molecule has 1 saturated heterocycles. The zero-order chi connectivity index (χ0) is 17.5. The first-order chi connectivity index (χ1) is 12.8. The molecule has 4 aromatic rings. The molecule has 6 nitrogen and oxygen atoms in total. The number of hydrogen-bond acceptors (Lipinski definition) is 6. The maximum atomic E-state index is 5.80. The van der Waals surface area contributed by atoms with Crippen molar-refractivity contribution in [2.24, 2.45) is 0 Å². The molecule has 1 fully saturated rings. The maximum absolute atomic E-state index is 5.80. The van der Waals surface area contributed by atoms with Crippen LogP contribution in [0.2, 0.25) is 0 Å². The second kappa shape index (κ2) is 6.10. The summed E-state index contributed by atoms with van der Waals surface area (Å²) in [4.78, 5) is 20.1. The summed E-state index contributed by atoms with van der Waals surface area (Å²) >= 11 is 1.83. The van der Waals surface area contributed by atoms with Gasteiger partial charge in [0.15, 0.2) is 0 Å². The molecule has 1 aliphatic heterocycles. The first-order valence-corrected chi connectivity index (χ1v) is 9.54. The molecule has 0 radical (unpaired) electrons. The Morgan fingerprint density at radius 1 is 1.19 bits per heavy atom. The normalized spacial score (nSPS) is 17.2. The molecular weight excluding hydrogens is 344 g/mol. The lowest BCUT2D eigenvalue weighted by Crippen LogP contribution is -2.22. The number of nitrogens with zero attached hydrogens (tertiary/aromatic N) is 4. The number of hydrogen-bond donors (Lipinski definition) is 2. The molecule has 0 saturated carbocycles. The predicted molar refractivity (Wildman–Crippen MR) is 105 cm³/mol. The summed E-state index contributed by atoms with van der Waals surface area (Å²) in [5, 5.41) is 3.24. The van der Waals surface area contributed by atoms with E-state index in [-0.39, 0.29) is 5.95 Å². The highest BCUT2D eigenvalue weighted by atomic mass is 32.1. The highest BCUT2D eigenvalue weighted by molar-refractivity contribution is 7.10. The van der Waals surface area contributed by atoms with E-state index in [0.29, 0.717) is 6.04 Å². The minimum atomic E-state index is 0.278. The van der Waals surface area contributed by atoms with E-state index in [2.05, 4.69) is 48.4 Å². The number of aromatic nitrogens is 4. The number of rotatable bonds is 3. The van der Waals surface area contributed by atoms with Gasteiger partial charge < -0.3 is 15.6 Å². The quantitative estimate of drug-likeness (QED) is 0.575. The Hall–Kier alpha value is -2.93. The number of anilines is 2. The van der Waals surface area contributed by atoms with E-state index >= 15 is 0 Å². The van der Waals surface area contributed by atoms with Gasteiger partial charge >= 0.3 is 0 Å². The van der Waals surface area contributed by atoms with Crippen molar-refractivity contribution in [3.8, 4) is 11.3 Å². The molecule has 5 rings (SSSR count). The summed E-state index contributed by atoms with van der Waals surface area (Å²) in [6.45, 7) is 1.04. The van der Waals surface area contributed by atoms with Crippen molar-refractivity contribution in [1.82, 2.24) is 19.9 Å². The third kappa shape index (κ3) is 2.43. The van der Waals surface area contributed by atoms with Gasteiger partial charge in [-0.2, -0.15) is 0 Å².